The molecule has 0 aromatic rings. The number of ketones is 3. The fraction of sp³-hybridized carbons (Fsp3) is 0.500. The van der Waals surface area contributed by atoms with Crippen molar-refractivity contribution in [1.82, 2.24) is 0 Å². The van der Waals surface area contributed by atoms with Crippen LogP contribution in [-0.4, -0.2) is 35.3 Å². The molecule has 0 N–H and O–H groups in total. The van der Waals surface area contributed by atoms with E-state index in [0.29, 0.717) is 0 Å². The van der Waals surface area contributed by atoms with Gasteiger partial charge in [-0.25, -0.2) is 0 Å². The summed E-state index contributed by atoms with van der Waals surface area (Å²) >= 11 is 0. The maximum Gasteiger partial charge on any atom is 3.00 e. The molecule has 121 valence electrons. The summed E-state index contributed by atoms with van der Waals surface area (Å²) < 4.78 is 0. The first-order chi connectivity index (χ1) is 9.38. The molecule has 0 saturated heterocycles. The maximum absolute atomic E-state index is 9.83. The predicted molar refractivity (Wildman–Crippen MR) is 60.9 cm³/mol. The van der Waals surface area contributed by atoms with Crippen LogP contribution in [0.15, 0.2) is 0 Å². The molecule has 0 rings (SSSR count). The monoisotopic (exact) mass is 443 g/mol. The van der Waals surface area contributed by atoms with E-state index in [-0.39, 0.29) is 59.1 Å². The molecule has 0 saturated carbocycles. The van der Waals surface area contributed by atoms with Crippen molar-refractivity contribution in [1.29, 1.82) is 0 Å². The third kappa shape index (κ3) is 51.1. The Kier molecular flexibility index (Phi) is 23.4. The number of aliphatic carboxylic acids is 3. The van der Waals surface area contributed by atoms with Gasteiger partial charge in [0.2, 0.25) is 0 Å². The van der Waals surface area contributed by atoms with E-state index in [4.69, 9.17) is 0 Å². The molecule has 0 spiro atoms. The molecule has 0 atom stereocenters. The summed E-state index contributed by atoms with van der Waals surface area (Å²) in [7, 11) is 0. The van der Waals surface area contributed by atoms with E-state index in [1.807, 2.05) is 0 Å². The summed E-state index contributed by atoms with van der Waals surface area (Å²) in [5.41, 5.74) is 0. The van der Waals surface area contributed by atoms with E-state index in [1.54, 1.807) is 0 Å². The minimum Gasteiger partial charge on any atom is -0.550 e. The molecule has 22 heavy (non-hydrogen) atoms. The molecule has 9 nitrogen and oxygen atoms in total. The average Bonchev–Trinajstić information content (AvgIpc) is 2.10. The largest absolute Gasteiger partial charge is 3.00 e. The first-order valence-corrected chi connectivity index (χ1v) is 5.46. The molecule has 10 heteroatoms. The van der Waals surface area contributed by atoms with Gasteiger partial charge >= 0.3 is 41.7 Å². The van der Waals surface area contributed by atoms with Gasteiger partial charge in [0.25, 0.3) is 0 Å². The maximum atomic E-state index is 9.83. The number of carbonyl (C=O) groups excluding carboxylic acids is 6. The number of carboxylic acids is 3. The van der Waals surface area contributed by atoms with Gasteiger partial charge in [-0.3, -0.25) is 14.4 Å². The first kappa shape index (κ1) is 28.9. The molecule has 1 radical (unpaired) electrons. The summed E-state index contributed by atoms with van der Waals surface area (Å²) in [5, 5.41) is 28.4. The van der Waals surface area contributed by atoms with Gasteiger partial charge in [0.05, 0.1) is 0 Å². The third-order valence-electron chi connectivity index (χ3n) is 1.18. The van der Waals surface area contributed by atoms with Crippen molar-refractivity contribution >= 4 is 35.3 Å². The van der Waals surface area contributed by atoms with Crippen LogP contribution in [0.3, 0.4) is 0 Å². The fourth-order valence-corrected chi connectivity index (χ4v) is 0.610. The van der Waals surface area contributed by atoms with Crippen LogP contribution in [0.2, 0.25) is 0 Å². The van der Waals surface area contributed by atoms with E-state index >= 15 is 0 Å². The van der Waals surface area contributed by atoms with Crippen LogP contribution in [-0.2, 0) is 28.8 Å². The van der Waals surface area contributed by atoms with Crippen LogP contribution in [0.4, 0.5) is 0 Å². The quantitative estimate of drug-likeness (QED) is 0.373. The van der Waals surface area contributed by atoms with Crippen LogP contribution < -0.4 is 15.3 Å². The van der Waals surface area contributed by atoms with Crippen molar-refractivity contribution in [2.24, 2.45) is 0 Å². The van der Waals surface area contributed by atoms with Gasteiger partial charge in [0.15, 0.2) is 0 Å². The Morgan fingerprint density at radius 3 is 0.682 bits per heavy atom. The minimum absolute atomic E-state index is 0. The van der Waals surface area contributed by atoms with Crippen LogP contribution >= 0.6 is 0 Å². The molecule has 0 aliphatic heterocycles. The molecule has 0 unspecified atom stereocenters. The summed E-state index contributed by atoms with van der Waals surface area (Å²) in [4.78, 5) is 57.9. The SMILES string of the molecule is CC(=O)CC(=O)[O-].CC(=O)CC(=O)[O-].CC(=O)CC(=O)[O-].[Ce+3]. The zero-order chi connectivity index (χ0) is 17.6. The zero-order valence-electron chi connectivity index (χ0n) is 12.3. The van der Waals surface area contributed by atoms with E-state index in [1.165, 1.54) is 20.8 Å². The van der Waals surface area contributed by atoms with E-state index in [2.05, 4.69) is 0 Å². The second-order valence-electron chi connectivity index (χ2n) is 3.75. The van der Waals surface area contributed by atoms with Crippen molar-refractivity contribution in [3.63, 3.8) is 0 Å². The van der Waals surface area contributed by atoms with E-state index < -0.39 is 37.2 Å². The molecule has 0 aliphatic carbocycles. The summed E-state index contributed by atoms with van der Waals surface area (Å²) in [6.45, 7) is 3.61. The molecule has 0 amide bonds. The van der Waals surface area contributed by atoms with Crippen LogP contribution in [0.5, 0.6) is 0 Å². The van der Waals surface area contributed by atoms with Crippen molar-refractivity contribution in [2.75, 3.05) is 0 Å². The Morgan fingerprint density at radius 2 is 0.682 bits per heavy atom. The zero-order valence-corrected chi connectivity index (χ0v) is 15.4. The van der Waals surface area contributed by atoms with Crippen molar-refractivity contribution in [3.05, 3.63) is 0 Å². The molecule has 0 bridgehead atoms. The van der Waals surface area contributed by atoms with E-state index in [9.17, 15) is 44.1 Å². The number of rotatable bonds is 6. The van der Waals surface area contributed by atoms with Crippen LogP contribution in [0, 0.1) is 41.7 Å². The van der Waals surface area contributed by atoms with Crippen molar-refractivity contribution < 1.29 is 85.8 Å². The number of carbonyl (C=O) groups is 6. The van der Waals surface area contributed by atoms with Gasteiger partial charge in [0.1, 0.15) is 17.3 Å². The van der Waals surface area contributed by atoms with Gasteiger partial charge < -0.3 is 29.7 Å². The minimum atomic E-state index is -1.31. The Hall–Kier alpha value is -1.20. The van der Waals surface area contributed by atoms with Gasteiger partial charge in [-0.1, -0.05) is 0 Å². The first-order valence-electron chi connectivity index (χ1n) is 5.46. The molecule has 0 heterocycles. The van der Waals surface area contributed by atoms with Gasteiger partial charge in [-0.2, -0.15) is 0 Å². The van der Waals surface area contributed by atoms with Crippen molar-refractivity contribution in [3.8, 4) is 0 Å². The topological polar surface area (TPSA) is 172 Å². The third-order valence-corrected chi connectivity index (χ3v) is 1.18. The predicted octanol–water partition coefficient (Wildman–Crippen LogP) is -3.85. The molecule has 0 aromatic heterocycles. The molecular formula is C12H15CeO9. The summed E-state index contributed by atoms with van der Waals surface area (Å²) in [5.74, 6) is -5.06. The second-order valence-corrected chi connectivity index (χ2v) is 3.75. The summed E-state index contributed by atoms with van der Waals surface area (Å²) in [6, 6.07) is 0. The molecule has 0 aliphatic rings. The number of hydrogen-bond acceptors (Lipinski definition) is 9. The van der Waals surface area contributed by atoms with Gasteiger partial charge in [-0.05, 0) is 20.8 Å². The standard InChI is InChI=1S/3C4H6O3.Ce/c3*1-3(5)2-4(6)7;/h3*2H2,1H3,(H,6,7);/q;;;+3/p-3. The van der Waals surface area contributed by atoms with Crippen molar-refractivity contribution in [2.45, 2.75) is 40.0 Å². The Bertz CT molecular complexity index is 317. The normalized spacial score (nSPS) is 7.77. The molecule has 0 aromatic carbocycles. The Labute approximate surface area is 160 Å². The van der Waals surface area contributed by atoms with Crippen LogP contribution in [0.1, 0.15) is 40.0 Å². The van der Waals surface area contributed by atoms with E-state index in [0.717, 1.165) is 0 Å². The van der Waals surface area contributed by atoms with Crippen LogP contribution in [0.25, 0.3) is 0 Å². The average molecular weight is 443 g/mol. The number of carboxylic acid groups (broad SMARTS) is 3. The Morgan fingerprint density at radius 1 is 0.545 bits per heavy atom. The number of Topliss-reactive ketones (excluding diaryl/α,β-unsaturated/α-hetero) is 3. The molecular weight excluding hydrogens is 428 g/mol. The van der Waals surface area contributed by atoms with Gasteiger partial charge in [-0.15, -0.1) is 0 Å². The molecule has 0 fully saturated rings. The second kappa shape index (κ2) is 17.8. The smallest absolute Gasteiger partial charge is 0.550 e. The summed E-state index contributed by atoms with van der Waals surface area (Å²) in [6.07, 6.45) is -1.42. The van der Waals surface area contributed by atoms with Gasteiger partial charge in [0, 0.05) is 37.2 Å². The fourth-order valence-electron chi connectivity index (χ4n) is 0.610. The number of hydrogen-bond donors (Lipinski definition) is 0. The Balaban J connectivity index is -0.000000108.